The SMILES string of the molecule is CC1=Cc2c(-c3c(C)cccc3C)cccc2C1[Si](C)(C)C1C(C)=Cc2c(-c3c(C)cccc3C)cccc21. The van der Waals surface area contributed by atoms with Crippen LogP contribution in [0.3, 0.4) is 0 Å². The maximum atomic E-state index is 2.64. The van der Waals surface area contributed by atoms with Crippen LogP contribution in [0.2, 0.25) is 13.1 Å². The molecule has 0 saturated carbocycles. The summed E-state index contributed by atoms with van der Waals surface area (Å²) in [6.07, 6.45) is 5.02. The second kappa shape index (κ2) is 9.35. The van der Waals surface area contributed by atoms with Crippen LogP contribution in [0, 0.1) is 27.7 Å². The van der Waals surface area contributed by atoms with Crippen LogP contribution in [0.25, 0.3) is 34.4 Å². The Kier molecular flexibility index (Phi) is 6.19. The van der Waals surface area contributed by atoms with Gasteiger partial charge in [0, 0.05) is 11.1 Å². The quantitative estimate of drug-likeness (QED) is 0.233. The second-order valence-electron chi connectivity index (χ2n) is 12.6. The van der Waals surface area contributed by atoms with Crippen molar-refractivity contribution in [1.82, 2.24) is 0 Å². The van der Waals surface area contributed by atoms with Crippen molar-refractivity contribution in [1.29, 1.82) is 0 Å². The van der Waals surface area contributed by atoms with E-state index in [4.69, 9.17) is 0 Å². The summed E-state index contributed by atoms with van der Waals surface area (Å²) in [5.74, 6) is 0. The molecule has 0 aliphatic heterocycles. The zero-order valence-corrected chi connectivity index (χ0v) is 25.7. The van der Waals surface area contributed by atoms with Gasteiger partial charge in [-0.25, -0.2) is 0 Å². The smallest absolute Gasteiger partial charge is 0.0679 e. The van der Waals surface area contributed by atoms with Crippen molar-refractivity contribution < 1.29 is 0 Å². The van der Waals surface area contributed by atoms with Crippen LogP contribution in [0.5, 0.6) is 0 Å². The average molecular weight is 525 g/mol. The first-order valence-electron chi connectivity index (χ1n) is 14.4. The van der Waals surface area contributed by atoms with Crippen molar-refractivity contribution in [2.24, 2.45) is 0 Å². The molecule has 2 aliphatic carbocycles. The number of hydrogen-bond donors (Lipinski definition) is 0. The summed E-state index contributed by atoms with van der Waals surface area (Å²) in [5.41, 5.74) is 21.1. The first-order valence-corrected chi connectivity index (χ1v) is 17.5. The minimum absolute atomic E-state index is 0.500. The Labute approximate surface area is 236 Å². The summed E-state index contributed by atoms with van der Waals surface area (Å²) in [7, 11) is -1.90. The van der Waals surface area contributed by atoms with Crippen LogP contribution < -0.4 is 0 Å². The molecule has 6 rings (SSSR count). The molecule has 2 aliphatic rings. The van der Waals surface area contributed by atoms with Gasteiger partial charge in [-0.15, -0.1) is 0 Å². The number of benzene rings is 4. The fourth-order valence-corrected chi connectivity index (χ4v) is 13.1. The molecular weight excluding hydrogens is 485 g/mol. The summed E-state index contributed by atoms with van der Waals surface area (Å²) in [6.45, 7) is 19.0. The molecule has 0 spiro atoms. The van der Waals surface area contributed by atoms with Gasteiger partial charge in [0.25, 0.3) is 0 Å². The van der Waals surface area contributed by atoms with E-state index in [2.05, 4.69) is 140 Å². The second-order valence-corrected chi connectivity index (χ2v) is 17.4. The topological polar surface area (TPSA) is 0 Å². The van der Waals surface area contributed by atoms with Crippen molar-refractivity contribution in [3.8, 4) is 22.3 Å². The van der Waals surface area contributed by atoms with Gasteiger partial charge in [0.2, 0.25) is 0 Å². The third kappa shape index (κ3) is 3.93. The van der Waals surface area contributed by atoms with Gasteiger partial charge in [-0.2, -0.15) is 0 Å². The lowest BCUT2D eigenvalue weighted by atomic mass is 9.91. The van der Waals surface area contributed by atoms with Gasteiger partial charge in [-0.05, 0) is 108 Å². The van der Waals surface area contributed by atoms with Crippen molar-refractivity contribution in [2.45, 2.75) is 65.7 Å². The molecule has 0 saturated heterocycles. The Bertz CT molecular complexity index is 1530. The van der Waals surface area contributed by atoms with E-state index in [1.54, 1.807) is 0 Å². The Morgan fingerprint density at radius 3 is 1.15 bits per heavy atom. The van der Waals surface area contributed by atoms with E-state index in [0.717, 1.165) is 0 Å². The van der Waals surface area contributed by atoms with E-state index in [1.165, 1.54) is 77.9 Å². The zero-order chi connectivity index (χ0) is 27.6. The average Bonchev–Trinajstić information content (AvgIpc) is 3.41. The molecule has 0 heterocycles. The Balaban J connectivity index is 1.48. The molecule has 0 radical (unpaired) electrons. The predicted octanol–water partition coefficient (Wildman–Crippen LogP) is 10.7. The van der Waals surface area contributed by atoms with Crippen LogP contribution in [0.4, 0.5) is 0 Å². The molecule has 0 fully saturated rings. The Morgan fingerprint density at radius 1 is 0.462 bits per heavy atom. The third-order valence-corrected chi connectivity index (χ3v) is 14.1. The lowest BCUT2D eigenvalue weighted by Crippen LogP contribution is -2.42. The van der Waals surface area contributed by atoms with Gasteiger partial charge < -0.3 is 0 Å². The highest BCUT2D eigenvalue weighted by Gasteiger charge is 2.47. The monoisotopic (exact) mass is 524 g/mol. The number of aryl methyl sites for hydroxylation is 4. The lowest BCUT2D eigenvalue weighted by Gasteiger charge is -2.39. The number of hydrogen-bond acceptors (Lipinski definition) is 0. The van der Waals surface area contributed by atoms with E-state index in [1.807, 2.05) is 0 Å². The third-order valence-electron chi connectivity index (χ3n) is 9.55. The minimum Gasteiger partial charge on any atom is -0.0679 e. The van der Waals surface area contributed by atoms with E-state index in [9.17, 15) is 0 Å². The summed E-state index contributed by atoms with van der Waals surface area (Å²) in [6, 6.07) is 27.5. The van der Waals surface area contributed by atoms with Gasteiger partial charge in [0.1, 0.15) is 0 Å². The number of allylic oxidation sites excluding steroid dienone is 2. The molecule has 0 amide bonds. The maximum absolute atomic E-state index is 2.64. The molecule has 1 heteroatoms. The van der Waals surface area contributed by atoms with Crippen LogP contribution >= 0.6 is 0 Å². The summed E-state index contributed by atoms with van der Waals surface area (Å²) in [4.78, 5) is 0. The minimum atomic E-state index is -1.90. The Hall–Kier alpha value is -3.42. The van der Waals surface area contributed by atoms with Gasteiger partial charge in [-0.3, -0.25) is 0 Å². The van der Waals surface area contributed by atoms with Crippen molar-refractivity contribution in [2.75, 3.05) is 0 Å². The molecule has 0 aromatic heterocycles. The highest BCUT2D eigenvalue weighted by molar-refractivity contribution is 6.81. The Morgan fingerprint density at radius 2 is 0.795 bits per heavy atom. The summed E-state index contributed by atoms with van der Waals surface area (Å²) in [5, 5.41) is 0. The molecule has 196 valence electrons. The van der Waals surface area contributed by atoms with E-state index < -0.39 is 8.07 Å². The largest absolute Gasteiger partial charge is 0.0722 e. The number of fused-ring (bicyclic) bond motifs is 2. The summed E-state index contributed by atoms with van der Waals surface area (Å²) >= 11 is 0. The molecular formula is C38H40Si. The predicted molar refractivity (Wildman–Crippen MR) is 173 cm³/mol. The standard InChI is InChI=1S/C38H40Si/c1-23-13-9-14-24(2)35(23)29-17-11-19-31-33(29)21-27(5)37(31)39(7,8)38-28(6)22-34-30(18-12-20-32(34)38)36-25(3)15-10-16-26(36)4/h9-22,37-38H,1-8H3. The van der Waals surface area contributed by atoms with E-state index in [-0.39, 0.29) is 0 Å². The molecule has 0 N–H and O–H groups in total. The van der Waals surface area contributed by atoms with Crippen LogP contribution in [0.15, 0.2) is 83.9 Å². The fraction of sp³-hybridized carbons (Fsp3) is 0.263. The highest BCUT2D eigenvalue weighted by atomic mass is 28.3. The van der Waals surface area contributed by atoms with E-state index >= 15 is 0 Å². The van der Waals surface area contributed by atoms with Gasteiger partial charge in [-0.1, -0.05) is 109 Å². The lowest BCUT2D eigenvalue weighted by molar-refractivity contribution is 0.968. The van der Waals surface area contributed by atoms with E-state index in [0.29, 0.717) is 11.1 Å². The zero-order valence-electron chi connectivity index (χ0n) is 24.7. The first-order chi connectivity index (χ1) is 18.6. The molecule has 4 aromatic carbocycles. The molecule has 0 nitrogen and oxygen atoms in total. The van der Waals surface area contributed by atoms with Crippen LogP contribution in [-0.2, 0) is 0 Å². The maximum Gasteiger partial charge on any atom is 0.0722 e. The van der Waals surface area contributed by atoms with Crippen LogP contribution in [-0.4, -0.2) is 8.07 Å². The van der Waals surface area contributed by atoms with Crippen molar-refractivity contribution in [3.63, 3.8) is 0 Å². The van der Waals surface area contributed by atoms with Gasteiger partial charge in [0.15, 0.2) is 0 Å². The van der Waals surface area contributed by atoms with Crippen molar-refractivity contribution >= 4 is 20.2 Å². The first kappa shape index (κ1) is 25.8. The van der Waals surface area contributed by atoms with Crippen molar-refractivity contribution in [3.05, 3.63) is 128 Å². The van der Waals surface area contributed by atoms with Gasteiger partial charge >= 0.3 is 0 Å². The summed E-state index contributed by atoms with van der Waals surface area (Å²) < 4.78 is 0. The molecule has 2 unspecified atom stereocenters. The number of rotatable bonds is 4. The highest BCUT2D eigenvalue weighted by Crippen LogP contribution is 2.54. The molecule has 39 heavy (non-hydrogen) atoms. The molecule has 4 aromatic rings. The fourth-order valence-electron chi connectivity index (χ4n) is 8.16. The molecule has 2 atom stereocenters. The van der Waals surface area contributed by atoms with Crippen LogP contribution in [0.1, 0.15) is 69.4 Å². The molecule has 0 bridgehead atoms. The normalized spacial score (nSPS) is 18.1. The van der Waals surface area contributed by atoms with Gasteiger partial charge in [0.05, 0.1) is 8.07 Å².